The van der Waals surface area contributed by atoms with Crippen LogP contribution in [0.15, 0.2) is 24.3 Å². The monoisotopic (exact) mass is 278 g/mol. The minimum Gasteiger partial charge on any atom is -0.399 e. The number of halogens is 1. The maximum absolute atomic E-state index is 11.3. The highest BCUT2D eigenvalue weighted by molar-refractivity contribution is 7.89. The average Bonchev–Trinajstić information content (AvgIpc) is 2.20. The Morgan fingerprint density at radius 3 is 2.35 bits per heavy atom. The number of nitrogens with one attached hydrogen (secondary N) is 1. The van der Waals surface area contributed by atoms with E-state index in [2.05, 4.69) is 4.72 Å². The molecule has 0 saturated heterocycles. The zero-order valence-electron chi connectivity index (χ0n) is 9.85. The maximum atomic E-state index is 11.3. The van der Waals surface area contributed by atoms with Crippen LogP contribution < -0.4 is 10.5 Å². The SMILES string of the molecule is CCCS(=O)(=O)NCCc1ccc(N)cc1.Cl. The van der Waals surface area contributed by atoms with Crippen molar-refractivity contribution >= 4 is 28.1 Å². The predicted octanol–water partition coefficient (Wildman–Crippen LogP) is 1.56. The molecular weight excluding hydrogens is 260 g/mol. The second-order valence-corrected chi connectivity index (χ2v) is 5.63. The van der Waals surface area contributed by atoms with E-state index < -0.39 is 10.0 Å². The van der Waals surface area contributed by atoms with Crippen molar-refractivity contribution < 1.29 is 8.42 Å². The second kappa shape index (κ2) is 7.53. The Labute approximate surface area is 109 Å². The summed E-state index contributed by atoms with van der Waals surface area (Å²) in [5, 5.41) is 0. The summed E-state index contributed by atoms with van der Waals surface area (Å²) >= 11 is 0. The molecule has 0 unspecified atom stereocenters. The van der Waals surface area contributed by atoms with Gasteiger partial charge in [0.1, 0.15) is 0 Å². The van der Waals surface area contributed by atoms with Gasteiger partial charge in [0.25, 0.3) is 0 Å². The predicted molar refractivity (Wildman–Crippen MR) is 73.9 cm³/mol. The molecule has 1 rings (SSSR count). The fourth-order valence-corrected chi connectivity index (χ4v) is 2.47. The summed E-state index contributed by atoms with van der Waals surface area (Å²) < 4.78 is 25.3. The van der Waals surface area contributed by atoms with Gasteiger partial charge in [-0.25, -0.2) is 13.1 Å². The van der Waals surface area contributed by atoms with Crippen LogP contribution in [0.3, 0.4) is 0 Å². The summed E-state index contributed by atoms with van der Waals surface area (Å²) in [5.74, 6) is 0.189. The van der Waals surface area contributed by atoms with E-state index in [0.29, 0.717) is 19.4 Å². The van der Waals surface area contributed by atoms with Crippen molar-refractivity contribution in [2.75, 3.05) is 18.0 Å². The Morgan fingerprint density at radius 2 is 1.82 bits per heavy atom. The third-order valence-electron chi connectivity index (χ3n) is 2.19. The molecule has 0 atom stereocenters. The molecule has 0 saturated carbocycles. The normalized spacial score (nSPS) is 10.9. The molecule has 3 N–H and O–H groups in total. The molecule has 6 heteroatoms. The summed E-state index contributed by atoms with van der Waals surface area (Å²) in [7, 11) is -3.08. The summed E-state index contributed by atoms with van der Waals surface area (Å²) in [6, 6.07) is 7.44. The highest BCUT2D eigenvalue weighted by Crippen LogP contribution is 2.05. The zero-order chi connectivity index (χ0) is 12.0. The molecular formula is C11H19ClN2O2S. The van der Waals surface area contributed by atoms with Crippen LogP contribution in [0.4, 0.5) is 5.69 Å². The highest BCUT2D eigenvalue weighted by Gasteiger charge is 2.06. The van der Waals surface area contributed by atoms with Gasteiger partial charge in [-0.15, -0.1) is 12.4 Å². The first-order chi connectivity index (χ1) is 7.53. The van der Waals surface area contributed by atoms with Crippen molar-refractivity contribution in [3.8, 4) is 0 Å². The van der Waals surface area contributed by atoms with E-state index in [1.165, 1.54) is 0 Å². The van der Waals surface area contributed by atoms with Crippen molar-refractivity contribution in [3.63, 3.8) is 0 Å². The van der Waals surface area contributed by atoms with Crippen molar-refractivity contribution in [3.05, 3.63) is 29.8 Å². The molecule has 0 bridgehead atoms. The van der Waals surface area contributed by atoms with Gasteiger partial charge in [-0.3, -0.25) is 0 Å². The Balaban J connectivity index is 0.00000256. The molecule has 0 fully saturated rings. The van der Waals surface area contributed by atoms with Crippen LogP contribution in [-0.2, 0) is 16.4 Å². The number of anilines is 1. The van der Waals surface area contributed by atoms with Gasteiger partial charge in [-0.05, 0) is 30.5 Å². The van der Waals surface area contributed by atoms with E-state index in [0.717, 1.165) is 11.3 Å². The smallest absolute Gasteiger partial charge is 0.211 e. The molecule has 0 aromatic heterocycles. The molecule has 0 aliphatic rings. The largest absolute Gasteiger partial charge is 0.399 e. The molecule has 0 spiro atoms. The van der Waals surface area contributed by atoms with Gasteiger partial charge in [0.05, 0.1) is 5.75 Å². The Morgan fingerprint density at radius 1 is 1.24 bits per heavy atom. The Bertz CT molecular complexity index is 418. The molecule has 4 nitrogen and oxygen atoms in total. The first kappa shape index (κ1) is 16.2. The van der Waals surface area contributed by atoms with Gasteiger partial charge in [0.15, 0.2) is 0 Å². The summed E-state index contributed by atoms with van der Waals surface area (Å²) in [4.78, 5) is 0. The van der Waals surface area contributed by atoms with Gasteiger partial charge in [-0.1, -0.05) is 19.1 Å². The van der Waals surface area contributed by atoms with Gasteiger partial charge in [0.2, 0.25) is 10.0 Å². The molecule has 0 aliphatic carbocycles. The number of nitrogen functional groups attached to an aromatic ring is 1. The quantitative estimate of drug-likeness (QED) is 0.776. The third kappa shape index (κ3) is 6.51. The lowest BCUT2D eigenvalue weighted by atomic mass is 10.1. The van der Waals surface area contributed by atoms with Crippen LogP contribution in [0.1, 0.15) is 18.9 Å². The van der Waals surface area contributed by atoms with E-state index in [-0.39, 0.29) is 18.2 Å². The number of benzene rings is 1. The van der Waals surface area contributed by atoms with Gasteiger partial charge >= 0.3 is 0 Å². The Hall–Kier alpha value is -0.780. The van der Waals surface area contributed by atoms with Crippen LogP contribution in [0.25, 0.3) is 0 Å². The summed E-state index contributed by atoms with van der Waals surface area (Å²) in [6.45, 7) is 2.28. The fourth-order valence-electron chi connectivity index (χ4n) is 1.38. The Kier molecular flexibility index (Phi) is 7.18. The van der Waals surface area contributed by atoms with Crippen molar-refractivity contribution in [2.24, 2.45) is 0 Å². The lowest BCUT2D eigenvalue weighted by Crippen LogP contribution is -2.28. The fraction of sp³-hybridized carbons (Fsp3) is 0.455. The first-order valence-electron chi connectivity index (χ1n) is 5.35. The molecule has 1 aromatic carbocycles. The lowest BCUT2D eigenvalue weighted by Gasteiger charge is -2.05. The summed E-state index contributed by atoms with van der Waals surface area (Å²) in [6.07, 6.45) is 1.32. The van der Waals surface area contributed by atoms with E-state index >= 15 is 0 Å². The van der Waals surface area contributed by atoms with Crippen molar-refractivity contribution in [2.45, 2.75) is 19.8 Å². The molecule has 17 heavy (non-hydrogen) atoms. The minimum absolute atomic E-state index is 0. The standard InChI is InChI=1S/C11H18N2O2S.ClH/c1-2-9-16(14,15)13-8-7-10-3-5-11(12)6-4-10;/h3-6,13H,2,7-9,12H2,1H3;1H. The van der Waals surface area contributed by atoms with Crippen LogP contribution >= 0.6 is 12.4 Å². The van der Waals surface area contributed by atoms with E-state index in [4.69, 9.17) is 5.73 Å². The third-order valence-corrected chi connectivity index (χ3v) is 3.78. The van der Waals surface area contributed by atoms with Gasteiger partial charge in [0, 0.05) is 12.2 Å². The van der Waals surface area contributed by atoms with E-state index in [9.17, 15) is 8.42 Å². The highest BCUT2D eigenvalue weighted by atomic mass is 35.5. The van der Waals surface area contributed by atoms with E-state index in [1.807, 2.05) is 31.2 Å². The van der Waals surface area contributed by atoms with Crippen LogP contribution in [-0.4, -0.2) is 20.7 Å². The number of sulfonamides is 1. The average molecular weight is 279 g/mol. The minimum atomic E-state index is -3.08. The lowest BCUT2D eigenvalue weighted by molar-refractivity contribution is 0.580. The van der Waals surface area contributed by atoms with E-state index in [1.54, 1.807) is 0 Å². The number of rotatable bonds is 6. The maximum Gasteiger partial charge on any atom is 0.211 e. The molecule has 0 heterocycles. The summed E-state index contributed by atoms with van der Waals surface area (Å²) in [5.41, 5.74) is 7.35. The first-order valence-corrected chi connectivity index (χ1v) is 7.00. The number of hydrogen-bond donors (Lipinski definition) is 2. The zero-order valence-corrected chi connectivity index (χ0v) is 11.5. The molecule has 0 radical (unpaired) electrons. The van der Waals surface area contributed by atoms with Crippen LogP contribution in [0.2, 0.25) is 0 Å². The molecule has 1 aromatic rings. The van der Waals surface area contributed by atoms with Crippen molar-refractivity contribution in [1.82, 2.24) is 4.72 Å². The topological polar surface area (TPSA) is 72.2 Å². The molecule has 0 aliphatic heterocycles. The second-order valence-electron chi connectivity index (χ2n) is 3.70. The number of hydrogen-bond acceptors (Lipinski definition) is 3. The molecule has 0 amide bonds. The number of nitrogens with two attached hydrogens (primary N) is 1. The van der Waals surface area contributed by atoms with Crippen LogP contribution in [0.5, 0.6) is 0 Å². The van der Waals surface area contributed by atoms with Gasteiger partial charge < -0.3 is 5.73 Å². The molecule has 98 valence electrons. The van der Waals surface area contributed by atoms with Crippen molar-refractivity contribution in [1.29, 1.82) is 0 Å². The van der Waals surface area contributed by atoms with Crippen LogP contribution in [0, 0.1) is 0 Å². The van der Waals surface area contributed by atoms with Gasteiger partial charge in [-0.2, -0.15) is 0 Å².